The van der Waals surface area contributed by atoms with Crippen molar-refractivity contribution in [2.45, 2.75) is 367 Å². The van der Waals surface area contributed by atoms with Crippen molar-refractivity contribution in [3.8, 4) is 0 Å². The van der Waals surface area contributed by atoms with Crippen LogP contribution in [0.25, 0.3) is 0 Å². The zero-order valence-electron chi connectivity index (χ0n) is 69.1. The molecule has 0 aromatic carbocycles. The number of aliphatic hydroxyl groups is 1. The first kappa shape index (κ1) is 105. The minimum absolute atomic E-state index is 0.0685. The van der Waals surface area contributed by atoms with Gasteiger partial charge in [-0.25, -0.2) is 9.13 Å². The van der Waals surface area contributed by atoms with Gasteiger partial charge in [0.15, 0.2) is 12.2 Å². The quantitative estimate of drug-likeness (QED) is 0.0169. The smallest absolute Gasteiger partial charge is 0.462 e. The highest BCUT2D eigenvalue weighted by Gasteiger charge is 2.30. The highest BCUT2D eigenvalue weighted by atomic mass is 31.2. The molecule has 0 heterocycles. The Kier molecular flexibility index (Phi) is 78.2. The van der Waals surface area contributed by atoms with E-state index in [1.807, 2.05) is 0 Å². The van der Waals surface area contributed by atoms with E-state index in [1.54, 1.807) is 0 Å². The Labute approximate surface area is 668 Å². The number of ether oxygens (including phenoxy) is 4. The molecule has 0 bridgehead atoms. The first-order valence-corrected chi connectivity index (χ1v) is 46.1. The number of carbonyl (C=O) groups is 4. The molecule has 17 nitrogen and oxygen atoms in total. The summed E-state index contributed by atoms with van der Waals surface area (Å²) in [5.41, 5.74) is 0. The van der Waals surface area contributed by atoms with Crippen LogP contribution in [0.15, 0.2) is 146 Å². The van der Waals surface area contributed by atoms with Crippen LogP contribution in [-0.4, -0.2) is 96.7 Å². The molecule has 630 valence electrons. The number of hydrogen-bond donors (Lipinski definition) is 3. The molecule has 0 saturated carbocycles. The average molecular weight is 1580 g/mol. The lowest BCUT2D eigenvalue weighted by Crippen LogP contribution is -2.30. The summed E-state index contributed by atoms with van der Waals surface area (Å²) in [4.78, 5) is 73.3. The van der Waals surface area contributed by atoms with Gasteiger partial charge in [0.05, 0.1) is 26.4 Å². The highest BCUT2D eigenvalue weighted by Crippen LogP contribution is 2.45. The first-order valence-electron chi connectivity index (χ1n) is 43.1. The van der Waals surface area contributed by atoms with E-state index in [2.05, 4.69) is 174 Å². The van der Waals surface area contributed by atoms with Gasteiger partial charge in [0, 0.05) is 25.7 Å². The standard InChI is InChI=1S/C91H154O17P2/c1-5-9-13-17-21-25-29-33-36-39-42-45-48-52-55-59-63-67-71-75-88(93)101-81-86(107-90(95)77-73-69-65-61-57-51-32-28-24-20-16-12-8-4)83-105-109(97,98)103-79-85(92)80-104-110(99,100)106-84-87(108-91(96)78-74-70-66-62-58-54-50-47-44-41-38-35-31-27-23-19-15-11-7-3)82-102-89(94)76-72-68-64-60-56-53-49-46-43-40-37-34-30-26-22-18-14-10-6-2/h10,14,21-23,25-28,32-38,42-47,53,56,85-87,92H,5-9,11-13,15-20,24,29-31,39-41,48-52,54-55,57-84H2,1-4H3,(H,97,98)(H,99,100)/b14-10-,25-21-,26-22-,27-23-,32-28-,36-33-,37-34-,38-35-,45-42-,46-43-,47-44-,56-53-. The molecule has 0 saturated heterocycles. The molecule has 0 radical (unpaired) electrons. The summed E-state index contributed by atoms with van der Waals surface area (Å²) < 4.78 is 68.8. The van der Waals surface area contributed by atoms with Crippen LogP contribution in [-0.2, 0) is 65.4 Å². The zero-order valence-corrected chi connectivity index (χ0v) is 70.9. The van der Waals surface area contributed by atoms with Crippen LogP contribution < -0.4 is 0 Å². The predicted octanol–water partition coefficient (Wildman–Crippen LogP) is 25.8. The molecule has 0 rings (SSSR count). The largest absolute Gasteiger partial charge is 0.472 e. The van der Waals surface area contributed by atoms with Crippen LogP contribution in [0, 0.1) is 0 Å². The maximum Gasteiger partial charge on any atom is 0.472 e. The molecule has 110 heavy (non-hydrogen) atoms. The van der Waals surface area contributed by atoms with Crippen LogP contribution in [0.5, 0.6) is 0 Å². The van der Waals surface area contributed by atoms with E-state index in [1.165, 1.54) is 64.2 Å². The Bertz CT molecular complexity index is 2650. The molecule has 0 aliphatic carbocycles. The summed E-state index contributed by atoms with van der Waals surface area (Å²) in [7, 11) is -9.99. The average Bonchev–Trinajstić information content (AvgIpc) is 0.900. The zero-order chi connectivity index (χ0) is 80.3. The lowest BCUT2D eigenvalue weighted by atomic mass is 10.1. The third-order valence-electron chi connectivity index (χ3n) is 17.8. The van der Waals surface area contributed by atoms with Crippen molar-refractivity contribution in [1.82, 2.24) is 0 Å². The van der Waals surface area contributed by atoms with Gasteiger partial charge < -0.3 is 33.8 Å². The van der Waals surface area contributed by atoms with Crippen molar-refractivity contribution in [3.63, 3.8) is 0 Å². The third-order valence-corrected chi connectivity index (χ3v) is 19.7. The molecule has 0 aromatic rings. The fraction of sp³-hybridized carbons (Fsp3) is 0.692. The second-order valence-electron chi connectivity index (χ2n) is 28.4. The number of carbonyl (C=O) groups excluding carboxylic acids is 4. The molecule has 19 heteroatoms. The lowest BCUT2D eigenvalue weighted by Gasteiger charge is -2.21. The summed E-state index contributed by atoms with van der Waals surface area (Å²) in [5.74, 6) is -2.24. The Morgan fingerprint density at radius 1 is 0.264 bits per heavy atom. The van der Waals surface area contributed by atoms with E-state index >= 15 is 0 Å². The lowest BCUT2D eigenvalue weighted by molar-refractivity contribution is -0.161. The van der Waals surface area contributed by atoms with Gasteiger partial charge >= 0.3 is 39.5 Å². The fourth-order valence-electron chi connectivity index (χ4n) is 11.2. The van der Waals surface area contributed by atoms with Crippen molar-refractivity contribution >= 4 is 39.5 Å². The maximum absolute atomic E-state index is 13.1. The highest BCUT2D eigenvalue weighted by molar-refractivity contribution is 7.47. The molecule has 0 aliphatic heterocycles. The Morgan fingerprint density at radius 3 is 0.764 bits per heavy atom. The van der Waals surface area contributed by atoms with E-state index in [9.17, 15) is 43.2 Å². The predicted molar refractivity (Wildman–Crippen MR) is 454 cm³/mol. The van der Waals surface area contributed by atoms with E-state index in [0.717, 1.165) is 205 Å². The molecule has 5 unspecified atom stereocenters. The fourth-order valence-corrected chi connectivity index (χ4v) is 12.8. The molecule has 0 fully saturated rings. The van der Waals surface area contributed by atoms with Gasteiger partial charge in [-0.1, -0.05) is 296 Å². The second-order valence-corrected chi connectivity index (χ2v) is 31.3. The Hall–Kier alpha value is -5.06. The maximum atomic E-state index is 13.1. The minimum atomic E-state index is -5.00. The van der Waals surface area contributed by atoms with Gasteiger partial charge in [-0.3, -0.25) is 37.3 Å². The second kappa shape index (κ2) is 81.9. The van der Waals surface area contributed by atoms with Gasteiger partial charge in [-0.2, -0.15) is 0 Å². The summed E-state index contributed by atoms with van der Waals surface area (Å²) >= 11 is 0. The molecule has 0 spiro atoms. The summed E-state index contributed by atoms with van der Waals surface area (Å²) in [6.45, 7) is 4.65. The van der Waals surface area contributed by atoms with Gasteiger partial charge in [-0.05, 0) is 173 Å². The normalized spacial score (nSPS) is 14.5. The SMILES string of the molecule is CC/C=C\C/C=C\C/C=C\C/C=C\C/C=C\CCCCCC(=O)OCC(COP(=O)(O)OCC(O)COP(=O)(O)OCC(COC(=O)CCCCCCCC/C=C\C/C=C\C/C=C\CCCCC)OC(=O)CCCCCCC/C=C\CCCCCC)OC(=O)CCCCCCCC/C=C\C/C=C\C/C=C\CCCCC. The van der Waals surface area contributed by atoms with E-state index in [0.29, 0.717) is 25.7 Å². The monoisotopic (exact) mass is 1580 g/mol. The number of esters is 4. The van der Waals surface area contributed by atoms with E-state index in [4.69, 9.17) is 37.0 Å². The molecule has 3 N–H and O–H groups in total. The van der Waals surface area contributed by atoms with Crippen LogP contribution >= 0.6 is 15.6 Å². The number of rotatable bonds is 80. The van der Waals surface area contributed by atoms with Crippen molar-refractivity contribution in [1.29, 1.82) is 0 Å². The van der Waals surface area contributed by atoms with E-state index < -0.39 is 97.5 Å². The van der Waals surface area contributed by atoms with Crippen LogP contribution in [0.2, 0.25) is 0 Å². The van der Waals surface area contributed by atoms with Gasteiger partial charge in [0.1, 0.15) is 19.3 Å². The molecular weight excluding hydrogens is 1430 g/mol. The Morgan fingerprint density at radius 2 is 0.473 bits per heavy atom. The molecular formula is C91H154O17P2. The number of phosphoric ester groups is 2. The van der Waals surface area contributed by atoms with Crippen molar-refractivity contribution in [2.75, 3.05) is 39.6 Å². The van der Waals surface area contributed by atoms with Gasteiger partial charge in [0.25, 0.3) is 0 Å². The van der Waals surface area contributed by atoms with Crippen molar-refractivity contribution in [2.24, 2.45) is 0 Å². The molecule has 5 atom stereocenters. The Balaban J connectivity index is 5.43. The van der Waals surface area contributed by atoms with Gasteiger partial charge in [-0.15, -0.1) is 0 Å². The summed E-state index contributed by atoms with van der Waals surface area (Å²) in [6, 6.07) is 0. The molecule has 0 aliphatic rings. The van der Waals surface area contributed by atoms with Crippen LogP contribution in [0.4, 0.5) is 0 Å². The third kappa shape index (κ3) is 81.0. The summed E-state index contributed by atoms with van der Waals surface area (Å²) in [6.07, 6.45) is 95.1. The number of phosphoric acid groups is 2. The number of unbranched alkanes of at least 4 members (excludes halogenated alkanes) is 30. The van der Waals surface area contributed by atoms with Gasteiger partial charge in [0.2, 0.25) is 0 Å². The van der Waals surface area contributed by atoms with Crippen molar-refractivity contribution in [3.05, 3.63) is 146 Å². The summed E-state index contributed by atoms with van der Waals surface area (Å²) in [5, 5.41) is 10.7. The molecule has 0 aromatic heterocycles. The minimum Gasteiger partial charge on any atom is -0.462 e. The van der Waals surface area contributed by atoms with Crippen LogP contribution in [0.1, 0.15) is 349 Å². The first-order chi connectivity index (χ1) is 53.7. The van der Waals surface area contributed by atoms with Crippen molar-refractivity contribution < 1.29 is 80.2 Å². The number of hydrogen-bond acceptors (Lipinski definition) is 15. The number of aliphatic hydroxyl groups excluding tert-OH is 1. The van der Waals surface area contributed by atoms with Crippen LogP contribution in [0.3, 0.4) is 0 Å². The molecule has 0 amide bonds. The van der Waals surface area contributed by atoms with E-state index in [-0.39, 0.29) is 25.7 Å². The number of allylic oxidation sites excluding steroid dienone is 24. The topological polar surface area (TPSA) is 237 Å².